The van der Waals surface area contributed by atoms with Crippen LogP contribution in [-0.4, -0.2) is 29.4 Å². The normalized spacial score (nSPS) is 38.1. The van der Waals surface area contributed by atoms with Crippen molar-refractivity contribution < 1.29 is 0 Å². The van der Waals surface area contributed by atoms with Crippen molar-refractivity contribution >= 4 is 15.9 Å². The molecule has 0 aromatic rings. The van der Waals surface area contributed by atoms with Crippen LogP contribution in [0.3, 0.4) is 0 Å². The van der Waals surface area contributed by atoms with Gasteiger partial charge in [-0.3, -0.25) is 4.90 Å². The van der Waals surface area contributed by atoms with E-state index in [2.05, 4.69) is 20.8 Å². The Kier molecular flexibility index (Phi) is 3.32. The number of hydrogen-bond donors (Lipinski definition) is 0. The molecule has 2 heteroatoms. The predicted molar refractivity (Wildman–Crippen MR) is 72.0 cm³/mol. The van der Waals surface area contributed by atoms with E-state index in [-0.39, 0.29) is 0 Å². The number of halogens is 1. The molecule has 2 atom stereocenters. The summed E-state index contributed by atoms with van der Waals surface area (Å²) in [6.45, 7) is 2.78. The minimum Gasteiger partial charge on any atom is -0.300 e. The van der Waals surface area contributed by atoms with Crippen LogP contribution < -0.4 is 0 Å². The van der Waals surface area contributed by atoms with Gasteiger partial charge in [0.25, 0.3) is 0 Å². The van der Waals surface area contributed by atoms with Crippen LogP contribution in [-0.2, 0) is 0 Å². The summed E-state index contributed by atoms with van der Waals surface area (Å²) < 4.78 is 0. The lowest BCUT2D eigenvalue weighted by Gasteiger charge is -2.45. The molecule has 0 bridgehead atoms. The van der Waals surface area contributed by atoms with Crippen LogP contribution in [0, 0.1) is 11.3 Å². The first kappa shape index (κ1) is 11.5. The summed E-state index contributed by atoms with van der Waals surface area (Å²) in [4.78, 5) is 2.85. The number of nitrogens with zero attached hydrogens (tertiary/aromatic N) is 1. The van der Waals surface area contributed by atoms with Crippen LogP contribution in [0.4, 0.5) is 0 Å². The topological polar surface area (TPSA) is 3.24 Å². The summed E-state index contributed by atoms with van der Waals surface area (Å²) in [7, 11) is 0. The first-order chi connectivity index (χ1) is 7.83. The summed E-state index contributed by atoms with van der Waals surface area (Å²) in [5.74, 6) is 1.06. The van der Waals surface area contributed by atoms with Crippen molar-refractivity contribution in [1.82, 2.24) is 4.90 Å². The molecule has 1 aliphatic heterocycles. The highest BCUT2D eigenvalue weighted by Crippen LogP contribution is 2.46. The Morgan fingerprint density at radius 1 is 1.06 bits per heavy atom. The van der Waals surface area contributed by atoms with Gasteiger partial charge >= 0.3 is 0 Å². The summed E-state index contributed by atoms with van der Waals surface area (Å²) in [6, 6.07) is 0.963. The quantitative estimate of drug-likeness (QED) is 0.713. The first-order valence-electron chi connectivity index (χ1n) is 7.13. The second-order valence-electron chi connectivity index (χ2n) is 6.36. The van der Waals surface area contributed by atoms with E-state index in [4.69, 9.17) is 0 Å². The van der Waals surface area contributed by atoms with Gasteiger partial charge in [-0.05, 0) is 50.0 Å². The highest BCUT2D eigenvalue weighted by atomic mass is 79.9. The summed E-state index contributed by atoms with van der Waals surface area (Å²) >= 11 is 3.75. The average molecular weight is 286 g/mol. The lowest BCUT2D eigenvalue weighted by atomic mass is 9.70. The third kappa shape index (κ3) is 1.96. The molecule has 0 aromatic carbocycles. The van der Waals surface area contributed by atoms with E-state index in [0.717, 1.165) is 12.0 Å². The number of fused-ring (bicyclic) bond motifs is 1. The van der Waals surface area contributed by atoms with Crippen LogP contribution in [0.15, 0.2) is 0 Å². The lowest BCUT2D eigenvalue weighted by molar-refractivity contribution is 0.0685. The van der Waals surface area contributed by atoms with Crippen LogP contribution in [0.5, 0.6) is 0 Å². The van der Waals surface area contributed by atoms with Crippen LogP contribution >= 0.6 is 15.9 Å². The summed E-state index contributed by atoms with van der Waals surface area (Å²) in [6.07, 6.45) is 11.9. The van der Waals surface area contributed by atoms with Gasteiger partial charge in [-0.15, -0.1) is 0 Å². The summed E-state index contributed by atoms with van der Waals surface area (Å²) in [5, 5.41) is 1.23. The molecule has 0 aromatic heterocycles. The minimum absolute atomic E-state index is 0.659. The maximum absolute atomic E-state index is 3.75. The Hall–Kier alpha value is 0.440. The molecular formula is C14H24BrN. The zero-order valence-electron chi connectivity index (χ0n) is 10.3. The molecule has 1 nitrogen and oxygen atoms in total. The third-order valence-electron chi connectivity index (χ3n) is 5.36. The Labute approximate surface area is 108 Å². The van der Waals surface area contributed by atoms with Crippen LogP contribution in [0.2, 0.25) is 0 Å². The largest absolute Gasteiger partial charge is 0.300 e. The molecule has 92 valence electrons. The van der Waals surface area contributed by atoms with Gasteiger partial charge < -0.3 is 0 Å². The molecule has 0 spiro atoms. The SMILES string of the molecule is BrCC1(CN2CCC3CCCCC32)CCC1. The summed E-state index contributed by atoms with van der Waals surface area (Å²) in [5.41, 5.74) is 0.659. The van der Waals surface area contributed by atoms with Crippen molar-refractivity contribution in [1.29, 1.82) is 0 Å². The Morgan fingerprint density at radius 2 is 1.88 bits per heavy atom. The molecule has 2 saturated carbocycles. The fourth-order valence-electron chi connectivity index (χ4n) is 4.14. The predicted octanol–water partition coefficient (Wildman–Crippen LogP) is 3.82. The number of likely N-dealkylation sites (tertiary alicyclic amines) is 1. The van der Waals surface area contributed by atoms with Gasteiger partial charge in [0.2, 0.25) is 0 Å². The molecule has 1 heterocycles. The molecule has 16 heavy (non-hydrogen) atoms. The van der Waals surface area contributed by atoms with Crippen molar-refractivity contribution in [3.63, 3.8) is 0 Å². The maximum Gasteiger partial charge on any atom is 0.0124 e. The fourth-order valence-corrected chi connectivity index (χ4v) is 4.88. The highest BCUT2D eigenvalue weighted by molar-refractivity contribution is 9.09. The van der Waals surface area contributed by atoms with Crippen molar-refractivity contribution in [3.05, 3.63) is 0 Å². The lowest BCUT2D eigenvalue weighted by Crippen LogP contribution is -2.46. The van der Waals surface area contributed by atoms with Crippen molar-refractivity contribution in [2.45, 2.75) is 57.4 Å². The maximum atomic E-state index is 3.75. The van der Waals surface area contributed by atoms with Gasteiger partial charge in [-0.1, -0.05) is 35.2 Å². The van der Waals surface area contributed by atoms with Crippen molar-refractivity contribution in [2.75, 3.05) is 18.4 Å². The van der Waals surface area contributed by atoms with Crippen LogP contribution in [0.25, 0.3) is 0 Å². The second kappa shape index (κ2) is 4.61. The molecule has 3 fully saturated rings. The van der Waals surface area contributed by atoms with E-state index in [1.165, 1.54) is 69.8 Å². The Morgan fingerprint density at radius 3 is 2.56 bits per heavy atom. The van der Waals surface area contributed by atoms with E-state index in [9.17, 15) is 0 Å². The van der Waals surface area contributed by atoms with E-state index in [1.54, 1.807) is 0 Å². The number of rotatable bonds is 3. The molecule has 2 aliphatic carbocycles. The van der Waals surface area contributed by atoms with E-state index >= 15 is 0 Å². The first-order valence-corrected chi connectivity index (χ1v) is 8.25. The molecule has 0 amide bonds. The molecule has 1 saturated heterocycles. The Balaban J connectivity index is 1.62. The van der Waals surface area contributed by atoms with Gasteiger partial charge in [0.15, 0.2) is 0 Å². The van der Waals surface area contributed by atoms with E-state index < -0.39 is 0 Å². The Bertz CT molecular complexity index is 244. The minimum atomic E-state index is 0.659. The molecule has 3 aliphatic rings. The third-order valence-corrected chi connectivity index (χ3v) is 6.55. The molecule has 0 N–H and O–H groups in total. The van der Waals surface area contributed by atoms with Gasteiger partial charge in [0.1, 0.15) is 0 Å². The van der Waals surface area contributed by atoms with Gasteiger partial charge in [-0.25, -0.2) is 0 Å². The zero-order valence-corrected chi connectivity index (χ0v) is 11.8. The average Bonchev–Trinajstić information content (AvgIpc) is 2.67. The second-order valence-corrected chi connectivity index (χ2v) is 6.92. The highest BCUT2D eigenvalue weighted by Gasteiger charge is 2.42. The van der Waals surface area contributed by atoms with E-state index in [0.29, 0.717) is 5.41 Å². The monoisotopic (exact) mass is 285 g/mol. The smallest absolute Gasteiger partial charge is 0.0124 e. The molecular weight excluding hydrogens is 262 g/mol. The standard InChI is InChI=1S/C14H24BrN/c15-10-14(7-3-8-14)11-16-9-6-12-4-1-2-5-13(12)16/h12-13H,1-11H2. The van der Waals surface area contributed by atoms with Crippen LogP contribution in [0.1, 0.15) is 51.4 Å². The van der Waals surface area contributed by atoms with E-state index in [1.807, 2.05) is 0 Å². The van der Waals surface area contributed by atoms with Gasteiger partial charge in [-0.2, -0.15) is 0 Å². The zero-order chi connectivity index (χ0) is 11.0. The molecule has 3 rings (SSSR count). The van der Waals surface area contributed by atoms with Gasteiger partial charge in [0, 0.05) is 17.9 Å². The van der Waals surface area contributed by atoms with Gasteiger partial charge in [0.05, 0.1) is 0 Å². The van der Waals surface area contributed by atoms with Crippen molar-refractivity contribution in [2.24, 2.45) is 11.3 Å². The van der Waals surface area contributed by atoms with Crippen molar-refractivity contribution in [3.8, 4) is 0 Å². The number of alkyl halides is 1. The fraction of sp³-hybridized carbons (Fsp3) is 1.00. The molecule has 0 radical (unpaired) electrons. The number of hydrogen-bond acceptors (Lipinski definition) is 1. The molecule has 2 unspecified atom stereocenters.